The van der Waals surface area contributed by atoms with Crippen LogP contribution >= 0.6 is 15.9 Å². The molecule has 0 aromatic heterocycles. The molecule has 1 saturated heterocycles. The molecule has 0 bridgehead atoms. The van der Waals surface area contributed by atoms with Crippen LogP contribution in [0.3, 0.4) is 0 Å². The van der Waals surface area contributed by atoms with Gasteiger partial charge >= 0.3 is 5.97 Å². The third-order valence-corrected chi connectivity index (χ3v) is 3.82. The minimum absolute atomic E-state index is 0.0214. The highest BCUT2D eigenvalue weighted by Gasteiger charge is 2.31. The zero-order valence-corrected chi connectivity index (χ0v) is 13.4. The topological polar surface area (TPSA) is 76.1 Å². The van der Waals surface area contributed by atoms with Gasteiger partial charge in [0.05, 0.1) is 17.6 Å². The van der Waals surface area contributed by atoms with E-state index in [1.807, 2.05) is 0 Å². The second kappa shape index (κ2) is 7.06. The molecule has 6 nitrogen and oxygen atoms in total. The Hall–Kier alpha value is -1.67. The van der Waals surface area contributed by atoms with Crippen LogP contribution in [0.4, 0.5) is 4.39 Å². The summed E-state index contributed by atoms with van der Waals surface area (Å²) in [4.78, 5) is 24.6. The van der Waals surface area contributed by atoms with Gasteiger partial charge in [-0.15, -0.1) is 0 Å². The molecule has 1 aromatic carbocycles. The first-order chi connectivity index (χ1) is 10.4. The molecule has 0 radical (unpaired) electrons. The second-order valence-electron chi connectivity index (χ2n) is 4.82. The van der Waals surface area contributed by atoms with Crippen molar-refractivity contribution in [2.75, 3.05) is 19.7 Å². The van der Waals surface area contributed by atoms with Crippen LogP contribution in [0.1, 0.15) is 6.92 Å². The highest BCUT2D eigenvalue weighted by atomic mass is 79.9. The van der Waals surface area contributed by atoms with Crippen molar-refractivity contribution in [1.82, 2.24) is 4.90 Å². The quantitative estimate of drug-likeness (QED) is 0.865. The largest absolute Gasteiger partial charge is 0.480 e. The number of benzene rings is 1. The predicted molar refractivity (Wildman–Crippen MR) is 78.1 cm³/mol. The van der Waals surface area contributed by atoms with Crippen molar-refractivity contribution < 1.29 is 28.6 Å². The van der Waals surface area contributed by atoms with Crippen molar-refractivity contribution in [3.8, 4) is 5.75 Å². The van der Waals surface area contributed by atoms with Crippen molar-refractivity contribution in [3.63, 3.8) is 0 Å². The van der Waals surface area contributed by atoms with Crippen molar-refractivity contribution in [1.29, 1.82) is 0 Å². The Morgan fingerprint density at radius 2 is 2.27 bits per heavy atom. The van der Waals surface area contributed by atoms with Gasteiger partial charge in [0, 0.05) is 6.54 Å². The summed E-state index contributed by atoms with van der Waals surface area (Å²) < 4.78 is 24.0. The Labute approximate surface area is 134 Å². The Bertz CT molecular complexity index is 582. The fourth-order valence-electron chi connectivity index (χ4n) is 2.07. The third-order valence-electron chi connectivity index (χ3n) is 3.20. The highest BCUT2D eigenvalue weighted by Crippen LogP contribution is 2.26. The monoisotopic (exact) mass is 375 g/mol. The van der Waals surface area contributed by atoms with E-state index < -0.39 is 24.0 Å². The summed E-state index contributed by atoms with van der Waals surface area (Å²) >= 11 is 3.16. The number of amides is 1. The van der Waals surface area contributed by atoms with Crippen LogP contribution in [-0.4, -0.2) is 53.8 Å². The fraction of sp³-hybridized carbons (Fsp3) is 0.429. The maximum Gasteiger partial charge on any atom is 0.334 e. The molecule has 2 rings (SSSR count). The van der Waals surface area contributed by atoms with Crippen molar-refractivity contribution in [3.05, 3.63) is 28.5 Å². The molecule has 120 valence electrons. The van der Waals surface area contributed by atoms with Crippen LogP contribution in [0.25, 0.3) is 0 Å². The van der Waals surface area contributed by atoms with Crippen LogP contribution in [0.15, 0.2) is 22.7 Å². The van der Waals surface area contributed by atoms with Gasteiger partial charge in [-0.2, -0.15) is 0 Å². The average molecular weight is 376 g/mol. The van der Waals surface area contributed by atoms with Crippen molar-refractivity contribution >= 4 is 27.8 Å². The van der Waals surface area contributed by atoms with Gasteiger partial charge in [-0.1, -0.05) is 0 Å². The number of hydrogen-bond donors (Lipinski definition) is 1. The molecule has 0 unspecified atom stereocenters. The maximum atomic E-state index is 13.0. The molecular weight excluding hydrogens is 361 g/mol. The molecule has 1 aromatic rings. The minimum atomic E-state index is -1.10. The van der Waals surface area contributed by atoms with Crippen LogP contribution < -0.4 is 4.74 Å². The zero-order valence-electron chi connectivity index (χ0n) is 11.8. The van der Waals surface area contributed by atoms with Crippen LogP contribution in [-0.2, 0) is 14.3 Å². The number of carbonyl (C=O) groups is 2. The lowest BCUT2D eigenvalue weighted by Gasteiger charge is -2.32. The molecular formula is C14H15BrFNO5. The Kier molecular flexibility index (Phi) is 5.36. The van der Waals surface area contributed by atoms with Crippen molar-refractivity contribution in [2.24, 2.45) is 0 Å². The van der Waals surface area contributed by atoms with Gasteiger partial charge in [-0.25, -0.2) is 9.18 Å². The zero-order chi connectivity index (χ0) is 16.3. The lowest BCUT2D eigenvalue weighted by Crippen LogP contribution is -2.51. The molecule has 0 aliphatic carbocycles. The number of ether oxygens (including phenoxy) is 2. The van der Waals surface area contributed by atoms with Gasteiger partial charge in [-0.05, 0) is 41.1 Å². The van der Waals surface area contributed by atoms with Crippen LogP contribution in [0.5, 0.6) is 5.75 Å². The van der Waals surface area contributed by atoms with Gasteiger partial charge in [0.25, 0.3) is 5.91 Å². The molecule has 2 atom stereocenters. The molecule has 0 saturated carbocycles. The SMILES string of the molecule is C[C@H](Oc1ccc(F)cc1Br)C(=O)N1CCO[C@H](C(=O)O)C1. The number of carboxylic acid groups (broad SMARTS) is 1. The summed E-state index contributed by atoms with van der Waals surface area (Å²) in [6, 6.07) is 3.89. The van der Waals surface area contributed by atoms with E-state index >= 15 is 0 Å². The van der Waals surface area contributed by atoms with Crippen molar-refractivity contribution in [2.45, 2.75) is 19.1 Å². The lowest BCUT2D eigenvalue weighted by molar-refractivity contribution is -0.161. The smallest absolute Gasteiger partial charge is 0.334 e. The van der Waals surface area contributed by atoms with Gasteiger partial charge in [0.1, 0.15) is 11.6 Å². The first kappa shape index (κ1) is 16.7. The number of halogens is 2. The summed E-state index contributed by atoms with van der Waals surface area (Å²) in [5.74, 6) is -1.53. The number of nitrogens with zero attached hydrogens (tertiary/aromatic N) is 1. The molecule has 1 fully saturated rings. The fourth-order valence-corrected chi connectivity index (χ4v) is 2.51. The van der Waals surface area contributed by atoms with Gasteiger partial charge in [0.15, 0.2) is 12.2 Å². The van der Waals surface area contributed by atoms with E-state index in [1.54, 1.807) is 6.92 Å². The van der Waals surface area contributed by atoms with E-state index in [-0.39, 0.29) is 19.1 Å². The first-order valence-electron chi connectivity index (χ1n) is 6.63. The Balaban J connectivity index is 2.01. The van der Waals surface area contributed by atoms with Gasteiger partial charge in [0.2, 0.25) is 0 Å². The van der Waals surface area contributed by atoms with Gasteiger partial charge < -0.3 is 19.5 Å². The lowest BCUT2D eigenvalue weighted by atomic mass is 10.2. The summed E-state index contributed by atoms with van der Waals surface area (Å²) in [7, 11) is 0. The van der Waals surface area contributed by atoms with Crippen LogP contribution in [0.2, 0.25) is 0 Å². The summed E-state index contributed by atoms with van der Waals surface area (Å²) in [6.45, 7) is 2.01. The van der Waals surface area contributed by atoms with E-state index in [0.29, 0.717) is 16.8 Å². The molecule has 1 heterocycles. The number of hydrogen-bond acceptors (Lipinski definition) is 4. The molecule has 22 heavy (non-hydrogen) atoms. The van der Waals surface area contributed by atoms with Crippen LogP contribution in [0, 0.1) is 5.82 Å². The summed E-state index contributed by atoms with van der Waals surface area (Å²) in [6.07, 6.45) is -1.85. The second-order valence-corrected chi connectivity index (χ2v) is 5.67. The average Bonchev–Trinajstić information content (AvgIpc) is 2.49. The van der Waals surface area contributed by atoms with Gasteiger partial charge in [-0.3, -0.25) is 4.79 Å². The molecule has 8 heteroatoms. The summed E-state index contributed by atoms with van der Waals surface area (Å²) in [5.41, 5.74) is 0. The van der Waals surface area contributed by atoms with E-state index in [1.165, 1.54) is 23.1 Å². The predicted octanol–water partition coefficient (Wildman–Crippen LogP) is 1.67. The maximum absolute atomic E-state index is 13.0. The molecule has 1 aliphatic heterocycles. The first-order valence-corrected chi connectivity index (χ1v) is 7.42. The standard InChI is InChI=1S/C14H15BrFNO5/c1-8(22-11-3-2-9(16)6-10(11)15)13(18)17-4-5-21-12(7-17)14(19)20/h2-3,6,8,12H,4-5,7H2,1H3,(H,19,20)/t8-,12-/m0/s1. The van der Waals surface area contributed by atoms with E-state index in [9.17, 15) is 14.0 Å². The third kappa shape index (κ3) is 3.95. The van der Waals surface area contributed by atoms with E-state index in [0.717, 1.165) is 0 Å². The normalized spacial score (nSPS) is 19.6. The summed E-state index contributed by atoms with van der Waals surface area (Å²) in [5, 5.41) is 8.94. The Morgan fingerprint density at radius 3 is 2.91 bits per heavy atom. The van der Waals surface area contributed by atoms with E-state index in [2.05, 4.69) is 15.9 Å². The molecule has 1 N–H and O–H groups in total. The molecule has 1 aliphatic rings. The minimum Gasteiger partial charge on any atom is -0.480 e. The number of carboxylic acids is 1. The number of aliphatic carboxylic acids is 1. The molecule has 0 spiro atoms. The number of rotatable bonds is 4. The Morgan fingerprint density at radius 1 is 1.55 bits per heavy atom. The highest BCUT2D eigenvalue weighted by molar-refractivity contribution is 9.10. The number of morpholine rings is 1. The van der Waals surface area contributed by atoms with E-state index in [4.69, 9.17) is 14.6 Å². The molecule has 1 amide bonds. The number of carbonyl (C=O) groups excluding carboxylic acids is 1.